The molecule has 1 unspecified atom stereocenters. The minimum Gasteiger partial charge on any atom is -0.295 e. The predicted octanol–water partition coefficient (Wildman–Crippen LogP) is 4.01. The molecule has 0 N–H and O–H groups in total. The standard InChI is InChI=1S/C15H22ClN/c1-12-3-5-14(6-4-12)15(11-16)17-9-7-13(2)8-10-17/h3-6,13,15H,7-11H2,1-2H3. The molecule has 0 bridgehead atoms. The fourth-order valence-electron chi connectivity index (χ4n) is 2.53. The molecule has 0 spiro atoms. The smallest absolute Gasteiger partial charge is 0.0483 e. The molecule has 17 heavy (non-hydrogen) atoms. The first-order chi connectivity index (χ1) is 8.20. The molecule has 0 radical (unpaired) electrons. The molecule has 1 saturated heterocycles. The molecule has 0 aromatic heterocycles. The van der Waals surface area contributed by atoms with Crippen LogP contribution in [0.3, 0.4) is 0 Å². The van der Waals surface area contributed by atoms with Gasteiger partial charge in [0.1, 0.15) is 0 Å². The average molecular weight is 252 g/mol. The minimum absolute atomic E-state index is 0.393. The second kappa shape index (κ2) is 5.88. The number of hydrogen-bond acceptors (Lipinski definition) is 1. The Morgan fingerprint density at radius 2 is 1.82 bits per heavy atom. The van der Waals surface area contributed by atoms with Gasteiger partial charge in [0.2, 0.25) is 0 Å². The number of likely N-dealkylation sites (tertiary alicyclic amines) is 1. The van der Waals surface area contributed by atoms with E-state index in [2.05, 4.69) is 43.0 Å². The largest absolute Gasteiger partial charge is 0.295 e. The lowest BCUT2D eigenvalue weighted by molar-refractivity contribution is 0.149. The van der Waals surface area contributed by atoms with Gasteiger partial charge in [-0.15, -0.1) is 11.6 Å². The summed E-state index contributed by atoms with van der Waals surface area (Å²) < 4.78 is 0. The summed E-state index contributed by atoms with van der Waals surface area (Å²) in [6.45, 7) is 6.85. The van der Waals surface area contributed by atoms with Gasteiger partial charge in [-0.2, -0.15) is 0 Å². The monoisotopic (exact) mass is 251 g/mol. The van der Waals surface area contributed by atoms with Crippen LogP contribution < -0.4 is 0 Å². The predicted molar refractivity (Wildman–Crippen MR) is 74.6 cm³/mol. The molecule has 1 aliphatic rings. The van der Waals surface area contributed by atoms with Crippen LogP contribution >= 0.6 is 11.6 Å². The number of nitrogens with zero attached hydrogens (tertiary/aromatic N) is 1. The van der Waals surface area contributed by atoms with Gasteiger partial charge >= 0.3 is 0 Å². The quantitative estimate of drug-likeness (QED) is 0.734. The van der Waals surface area contributed by atoms with Gasteiger partial charge < -0.3 is 0 Å². The Hall–Kier alpha value is -0.530. The maximum Gasteiger partial charge on any atom is 0.0483 e. The second-order valence-corrected chi connectivity index (χ2v) is 5.61. The summed E-state index contributed by atoms with van der Waals surface area (Å²) in [5.41, 5.74) is 2.68. The van der Waals surface area contributed by atoms with E-state index in [1.54, 1.807) is 0 Å². The molecule has 2 rings (SSSR count). The van der Waals surface area contributed by atoms with E-state index in [-0.39, 0.29) is 0 Å². The lowest BCUT2D eigenvalue weighted by Gasteiger charge is -2.36. The Kier molecular flexibility index (Phi) is 4.47. The third-order valence-corrected chi connectivity index (χ3v) is 4.16. The number of aryl methyl sites for hydroxylation is 1. The molecule has 0 amide bonds. The van der Waals surface area contributed by atoms with E-state index in [0.717, 1.165) is 5.92 Å². The molecule has 1 atom stereocenters. The Morgan fingerprint density at radius 1 is 1.24 bits per heavy atom. The number of halogens is 1. The van der Waals surface area contributed by atoms with Crippen LogP contribution in [0.5, 0.6) is 0 Å². The first kappa shape index (κ1) is 12.9. The molecular weight excluding hydrogens is 230 g/mol. The highest BCUT2D eigenvalue weighted by Crippen LogP contribution is 2.27. The van der Waals surface area contributed by atoms with E-state index < -0.39 is 0 Å². The van der Waals surface area contributed by atoms with Crippen molar-refractivity contribution in [2.45, 2.75) is 32.7 Å². The van der Waals surface area contributed by atoms with Gasteiger partial charge in [-0.05, 0) is 44.3 Å². The van der Waals surface area contributed by atoms with Crippen molar-refractivity contribution in [1.29, 1.82) is 0 Å². The van der Waals surface area contributed by atoms with Crippen LogP contribution in [-0.2, 0) is 0 Å². The van der Waals surface area contributed by atoms with Crippen molar-refractivity contribution in [2.75, 3.05) is 19.0 Å². The zero-order valence-corrected chi connectivity index (χ0v) is 11.6. The Balaban J connectivity index is 2.08. The van der Waals surface area contributed by atoms with Gasteiger partial charge in [0.15, 0.2) is 0 Å². The van der Waals surface area contributed by atoms with Crippen molar-refractivity contribution < 1.29 is 0 Å². The van der Waals surface area contributed by atoms with Crippen molar-refractivity contribution in [3.8, 4) is 0 Å². The lowest BCUT2D eigenvalue weighted by atomic mass is 9.96. The fourth-order valence-corrected chi connectivity index (χ4v) is 2.90. The van der Waals surface area contributed by atoms with Crippen molar-refractivity contribution >= 4 is 11.6 Å². The van der Waals surface area contributed by atoms with Gasteiger partial charge in [0.05, 0.1) is 0 Å². The third kappa shape index (κ3) is 3.23. The Morgan fingerprint density at radius 3 is 2.35 bits per heavy atom. The van der Waals surface area contributed by atoms with Gasteiger partial charge in [0, 0.05) is 11.9 Å². The zero-order chi connectivity index (χ0) is 12.3. The first-order valence-corrected chi connectivity index (χ1v) is 7.10. The van der Waals surface area contributed by atoms with Crippen LogP contribution in [0, 0.1) is 12.8 Å². The van der Waals surface area contributed by atoms with Crippen molar-refractivity contribution in [1.82, 2.24) is 4.90 Å². The average Bonchev–Trinajstić information content (AvgIpc) is 2.35. The molecule has 1 fully saturated rings. The summed E-state index contributed by atoms with van der Waals surface area (Å²) in [7, 11) is 0. The molecule has 1 aromatic rings. The van der Waals surface area contributed by atoms with Gasteiger partial charge in [0.25, 0.3) is 0 Å². The number of benzene rings is 1. The van der Waals surface area contributed by atoms with Gasteiger partial charge in [-0.25, -0.2) is 0 Å². The SMILES string of the molecule is Cc1ccc(C(CCl)N2CCC(C)CC2)cc1. The van der Waals surface area contributed by atoms with Crippen LogP contribution in [0.1, 0.15) is 36.9 Å². The van der Waals surface area contributed by atoms with Crippen molar-refractivity contribution in [2.24, 2.45) is 5.92 Å². The summed E-state index contributed by atoms with van der Waals surface area (Å²) in [5, 5.41) is 0. The van der Waals surface area contributed by atoms with E-state index in [9.17, 15) is 0 Å². The third-order valence-electron chi connectivity index (χ3n) is 3.87. The van der Waals surface area contributed by atoms with E-state index in [1.807, 2.05) is 0 Å². The molecule has 2 heteroatoms. The number of hydrogen-bond donors (Lipinski definition) is 0. The van der Waals surface area contributed by atoms with Crippen LogP contribution in [0.4, 0.5) is 0 Å². The summed E-state index contributed by atoms with van der Waals surface area (Å²) >= 11 is 6.17. The molecule has 0 saturated carbocycles. The molecular formula is C15H22ClN. The van der Waals surface area contributed by atoms with E-state index in [0.29, 0.717) is 11.9 Å². The molecule has 94 valence electrons. The fraction of sp³-hybridized carbons (Fsp3) is 0.600. The molecule has 1 heterocycles. The van der Waals surface area contributed by atoms with Gasteiger partial charge in [-0.3, -0.25) is 4.90 Å². The second-order valence-electron chi connectivity index (χ2n) is 5.30. The highest BCUT2D eigenvalue weighted by Gasteiger charge is 2.23. The minimum atomic E-state index is 0.393. The van der Waals surface area contributed by atoms with E-state index in [4.69, 9.17) is 11.6 Å². The normalized spacial score (nSPS) is 20.4. The molecule has 1 nitrogen and oxygen atoms in total. The summed E-state index contributed by atoms with van der Waals surface area (Å²) in [5.74, 6) is 1.57. The van der Waals surface area contributed by atoms with Crippen LogP contribution in [0.25, 0.3) is 0 Å². The van der Waals surface area contributed by atoms with Gasteiger partial charge in [-0.1, -0.05) is 36.8 Å². The maximum atomic E-state index is 6.17. The van der Waals surface area contributed by atoms with E-state index >= 15 is 0 Å². The van der Waals surface area contributed by atoms with Crippen LogP contribution in [-0.4, -0.2) is 23.9 Å². The molecule has 1 aliphatic heterocycles. The zero-order valence-electron chi connectivity index (χ0n) is 10.8. The first-order valence-electron chi connectivity index (χ1n) is 6.57. The van der Waals surface area contributed by atoms with Crippen molar-refractivity contribution in [3.63, 3.8) is 0 Å². The van der Waals surface area contributed by atoms with Crippen LogP contribution in [0.2, 0.25) is 0 Å². The highest BCUT2D eigenvalue weighted by molar-refractivity contribution is 6.18. The topological polar surface area (TPSA) is 3.24 Å². The number of alkyl halides is 1. The lowest BCUT2D eigenvalue weighted by Crippen LogP contribution is -2.37. The Labute approximate surface area is 110 Å². The van der Waals surface area contributed by atoms with Crippen molar-refractivity contribution in [3.05, 3.63) is 35.4 Å². The highest BCUT2D eigenvalue weighted by atomic mass is 35.5. The summed E-state index contributed by atoms with van der Waals surface area (Å²) in [6, 6.07) is 9.20. The summed E-state index contributed by atoms with van der Waals surface area (Å²) in [6.07, 6.45) is 2.61. The molecule has 1 aromatic carbocycles. The Bertz CT molecular complexity index is 338. The molecule has 0 aliphatic carbocycles. The summed E-state index contributed by atoms with van der Waals surface area (Å²) in [4.78, 5) is 2.54. The number of piperidine rings is 1. The maximum absolute atomic E-state index is 6.17. The van der Waals surface area contributed by atoms with E-state index in [1.165, 1.54) is 37.1 Å². The van der Waals surface area contributed by atoms with Crippen LogP contribution in [0.15, 0.2) is 24.3 Å². The number of rotatable bonds is 3.